The number of para-hydroxylation sites is 1. The van der Waals surface area contributed by atoms with Crippen LogP contribution in [0.25, 0.3) is 0 Å². The Hall–Kier alpha value is -1.30. The van der Waals surface area contributed by atoms with E-state index >= 15 is 0 Å². The van der Waals surface area contributed by atoms with E-state index in [0.717, 1.165) is 12.1 Å². The van der Waals surface area contributed by atoms with Crippen LogP contribution in [0.3, 0.4) is 0 Å². The fraction of sp³-hybridized carbons (Fsp3) is 0.125. The highest BCUT2D eigenvalue weighted by atomic mass is 32.1. The average Bonchev–Trinajstić information content (AvgIpc) is 2.01. The molecule has 76 valence electrons. The van der Waals surface area contributed by atoms with Crippen LogP contribution in [0.15, 0.2) is 24.3 Å². The van der Waals surface area contributed by atoms with Gasteiger partial charge in [-0.25, -0.2) is 0 Å². The minimum Gasteiger partial charge on any atom is -0.719 e. The number of rotatable bonds is 1. The van der Waals surface area contributed by atoms with Crippen molar-refractivity contribution in [2.75, 3.05) is 5.32 Å². The molecule has 1 N–H and O–H groups in total. The van der Waals surface area contributed by atoms with E-state index in [1.54, 1.807) is 0 Å². The number of amides is 1. The lowest BCUT2D eigenvalue weighted by molar-refractivity contribution is -0.136. The Balaban J connectivity index is 3.10. The molecule has 0 spiro atoms. The summed E-state index contributed by atoms with van der Waals surface area (Å²) >= 11 is 4.13. The molecule has 0 aliphatic rings. The molecule has 0 unspecified atom stereocenters. The van der Waals surface area contributed by atoms with E-state index in [2.05, 4.69) is 12.6 Å². The topological polar surface area (TPSA) is 29.1 Å². The standard InChI is InChI=1S/C8H6F3NOS/c9-8(10,11)5-3-1-2-4-6(5)12-7(13)14/h1-4H,(H2,12,13,14)/p-1. The Morgan fingerprint density at radius 3 is 2.36 bits per heavy atom. The first-order valence-corrected chi connectivity index (χ1v) is 3.96. The third-order valence-corrected chi connectivity index (χ3v) is 1.57. The summed E-state index contributed by atoms with van der Waals surface area (Å²) in [5.74, 6) is 0. The molecule has 0 bridgehead atoms. The molecule has 1 aromatic rings. The van der Waals surface area contributed by atoms with E-state index in [4.69, 9.17) is 0 Å². The quantitative estimate of drug-likeness (QED) is 0.737. The Morgan fingerprint density at radius 2 is 1.86 bits per heavy atom. The highest BCUT2D eigenvalue weighted by Gasteiger charge is 2.32. The molecule has 1 amide bonds. The van der Waals surface area contributed by atoms with Crippen molar-refractivity contribution in [3.05, 3.63) is 29.8 Å². The normalized spacial score (nSPS) is 11.1. The lowest BCUT2D eigenvalue weighted by Crippen LogP contribution is -2.13. The van der Waals surface area contributed by atoms with Crippen LogP contribution in [0.4, 0.5) is 23.7 Å². The van der Waals surface area contributed by atoms with Gasteiger partial charge in [-0.15, -0.1) is 0 Å². The summed E-state index contributed by atoms with van der Waals surface area (Å²) in [5, 5.41) is 0.993. The number of carbonyl (C=O) groups is 1. The van der Waals surface area contributed by atoms with E-state index < -0.39 is 17.0 Å². The number of alkyl halides is 3. The summed E-state index contributed by atoms with van der Waals surface area (Å²) in [4.78, 5) is 10.4. The molecule has 2 nitrogen and oxygen atoms in total. The molecule has 1 aromatic carbocycles. The maximum Gasteiger partial charge on any atom is 0.418 e. The van der Waals surface area contributed by atoms with Crippen molar-refractivity contribution in [3.63, 3.8) is 0 Å². The van der Waals surface area contributed by atoms with E-state index in [9.17, 15) is 18.0 Å². The number of halogens is 3. The van der Waals surface area contributed by atoms with Gasteiger partial charge in [0.05, 0.1) is 11.3 Å². The molecule has 1 rings (SSSR count). The molecule has 0 saturated carbocycles. The maximum atomic E-state index is 12.3. The molecule has 6 heteroatoms. The van der Waals surface area contributed by atoms with E-state index in [0.29, 0.717) is 0 Å². The SMILES string of the molecule is O=C([S-])Nc1ccccc1C(F)(F)F. The molecule has 0 aromatic heterocycles. The van der Waals surface area contributed by atoms with E-state index in [1.807, 2.05) is 5.32 Å². The van der Waals surface area contributed by atoms with Gasteiger partial charge in [0.15, 0.2) is 0 Å². The Labute approximate surface area is 83.5 Å². The van der Waals surface area contributed by atoms with Crippen molar-refractivity contribution in [2.45, 2.75) is 6.18 Å². The predicted octanol–water partition coefficient (Wildman–Crippen LogP) is 2.78. The summed E-state index contributed by atoms with van der Waals surface area (Å²) in [5.41, 5.74) is -1.22. The van der Waals surface area contributed by atoms with Gasteiger partial charge in [-0.1, -0.05) is 12.1 Å². The molecule has 0 atom stereocenters. The molecule has 0 fully saturated rings. The smallest absolute Gasteiger partial charge is 0.418 e. The van der Waals surface area contributed by atoms with Gasteiger partial charge >= 0.3 is 6.18 Å². The molecule has 0 radical (unpaired) electrons. The van der Waals surface area contributed by atoms with Crippen LogP contribution < -0.4 is 5.32 Å². The van der Waals surface area contributed by atoms with Crippen molar-refractivity contribution < 1.29 is 18.0 Å². The van der Waals surface area contributed by atoms with Crippen molar-refractivity contribution in [1.82, 2.24) is 0 Å². The van der Waals surface area contributed by atoms with Crippen LogP contribution in [0.2, 0.25) is 0 Å². The third-order valence-electron chi connectivity index (χ3n) is 1.47. The second kappa shape index (κ2) is 3.83. The first-order valence-electron chi connectivity index (χ1n) is 3.55. The Kier molecular flexibility index (Phi) is 2.95. The highest BCUT2D eigenvalue weighted by Crippen LogP contribution is 2.34. The second-order valence-electron chi connectivity index (χ2n) is 2.46. The molecule has 0 saturated heterocycles. The molecule has 0 aliphatic heterocycles. The lowest BCUT2D eigenvalue weighted by Gasteiger charge is -2.14. The Morgan fingerprint density at radius 1 is 1.29 bits per heavy atom. The van der Waals surface area contributed by atoms with Crippen LogP contribution in [-0.4, -0.2) is 5.24 Å². The lowest BCUT2D eigenvalue weighted by atomic mass is 10.2. The zero-order valence-corrected chi connectivity index (χ0v) is 7.58. The van der Waals surface area contributed by atoms with Gasteiger partial charge in [-0.3, -0.25) is 0 Å². The summed E-state index contributed by atoms with van der Waals surface area (Å²) in [6.45, 7) is 0. The summed E-state index contributed by atoms with van der Waals surface area (Å²) in [6.07, 6.45) is -4.49. The monoisotopic (exact) mass is 220 g/mol. The third kappa shape index (κ3) is 2.59. The first-order chi connectivity index (χ1) is 6.41. The second-order valence-corrected chi connectivity index (χ2v) is 2.83. The number of hydrogen-bond acceptors (Lipinski definition) is 2. The van der Waals surface area contributed by atoms with Crippen LogP contribution in [0.5, 0.6) is 0 Å². The van der Waals surface area contributed by atoms with Gasteiger partial charge in [0.25, 0.3) is 0 Å². The van der Waals surface area contributed by atoms with Crippen molar-refractivity contribution in [2.24, 2.45) is 0 Å². The van der Waals surface area contributed by atoms with Gasteiger partial charge in [0, 0.05) is 0 Å². The largest absolute Gasteiger partial charge is 0.719 e. The number of nitrogens with one attached hydrogen (secondary N) is 1. The van der Waals surface area contributed by atoms with Crippen molar-refractivity contribution in [3.8, 4) is 0 Å². The fourth-order valence-electron chi connectivity index (χ4n) is 0.949. The number of hydrogen-bond donors (Lipinski definition) is 1. The van der Waals surface area contributed by atoms with Gasteiger partial charge in [0.2, 0.25) is 0 Å². The van der Waals surface area contributed by atoms with Gasteiger partial charge in [0.1, 0.15) is 5.24 Å². The highest BCUT2D eigenvalue weighted by molar-refractivity contribution is 7.77. The summed E-state index contributed by atoms with van der Waals surface area (Å²) in [7, 11) is 0. The minimum atomic E-state index is -4.49. The molecule has 0 heterocycles. The van der Waals surface area contributed by atoms with Gasteiger partial charge < -0.3 is 22.7 Å². The fourth-order valence-corrected chi connectivity index (χ4v) is 1.06. The minimum absolute atomic E-state index is 0.319. The van der Waals surface area contributed by atoms with Gasteiger partial charge in [-0.2, -0.15) is 13.2 Å². The van der Waals surface area contributed by atoms with E-state index in [1.165, 1.54) is 12.1 Å². The molecule has 0 aliphatic carbocycles. The summed E-state index contributed by atoms with van der Waals surface area (Å²) in [6, 6.07) is 4.64. The number of anilines is 1. The van der Waals surface area contributed by atoms with Crippen molar-refractivity contribution >= 4 is 23.6 Å². The van der Waals surface area contributed by atoms with Crippen molar-refractivity contribution in [1.29, 1.82) is 0 Å². The number of carbonyl (C=O) groups excluding carboxylic acids is 1. The van der Waals surface area contributed by atoms with E-state index in [-0.39, 0.29) is 5.69 Å². The molecular formula is C8H5F3NOS-. The molecular weight excluding hydrogens is 215 g/mol. The van der Waals surface area contributed by atoms with Crippen LogP contribution in [0.1, 0.15) is 5.56 Å². The van der Waals surface area contributed by atoms with Gasteiger partial charge in [-0.05, 0) is 12.1 Å². The number of benzene rings is 1. The zero-order chi connectivity index (χ0) is 10.8. The zero-order valence-electron chi connectivity index (χ0n) is 6.76. The first kappa shape index (κ1) is 10.8. The maximum absolute atomic E-state index is 12.3. The van der Waals surface area contributed by atoms with Crippen LogP contribution in [0, 0.1) is 0 Å². The summed E-state index contributed by atoms with van der Waals surface area (Å²) < 4.78 is 36.9. The average molecular weight is 220 g/mol. The van der Waals surface area contributed by atoms with Crippen LogP contribution >= 0.6 is 0 Å². The predicted molar refractivity (Wildman–Crippen MR) is 47.8 cm³/mol. The molecule has 14 heavy (non-hydrogen) atoms. The van der Waals surface area contributed by atoms with Crippen LogP contribution in [-0.2, 0) is 18.8 Å². The Bertz CT molecular complexity index is 351.